The van der Waals surface area contributed by atoms with Gasteiger partial charge in [-0.25, -0.2) is 18.4 Å². The highest BCUT2D eigenvalue weighted by molar-refractivity contribution is 8.13. The number of aryl methyl sites for hydroxylation is 1. The van der Waals surface area contributed by atoms with E-state index >= 15 is 0 Å². The molecule has 0 amide bonds. The summed E-state index contributed by atoms with van der Waals surface area (Å²) in [5.74, 6) is -0.146. The number of halogens is 2. The fourth-order valence-electron chi connectivity index (χ4n) is 1.41. The number of hydrogen-bond acceptors (Lipinski definition) is 4. The lowest BCUT2D eigenvalue weighted by Crippen LogP contribution is -2.00. The van der Waals surface area contributed by atoms with Gasteiger partial charge in [0.05, 0.1) is 11.1 Å². The quantitative estimate of drug-likeness (QED) is 0.686. The molecule has 0 bridgehead atoms. The second-order valence-electron chi connectivity index (χ2n) is 3.19. The van der Waals surface area contributed by atoms with Gasteiger partial charge in [0.15, 0.2) is 0 Å². The molecule has 1 N–H and O–H groups in total. The molecule has 2 aromatic rings. The summed E-state index contributed by atoms with van der Waals surface area (Å²) < 4.78 is 21.7. The molecular weight excluding hydrogens is 273 g/mol. The molecule has 2 rings (SSSR count). The van der Waals surface area contributed by atoms with Gasteiger partial charge in [0, 0.05) is 16.9 Å². The number of nitrogens with one attached hydrogen (secondary N) is 1. The number of fused-ring (bicyclic) bond motifs is 1. The van der Waals surface area contributed by atoms with Crippen LogP contribution in [0.3, 0.4) is 0 Å². The van der Waals surface area contributed by atoms with Crippen LogP contribution in [0.15, 0.2) is 12.5 Å². The second-order valence-corrected chi connectivity index (χ2v) is 6.45. The topological polar surface area (TPSA) is 75.7 Å². The van der Waals surface area contributed by atoms with Crippen LogP contribution < -0.4 is 0 Å². The molecule has 2 aromatic heterocycles. The van der Waals surface area contributed by atoms with Crippen LogP contribution in [0, 0.1) is 0 Å². The summed E-state index contributed by atoms with van der Waals surface area (Å²) >= 11 is 5.90. The van der Waals surface area contributed by atoms with Crippen molar-refractivity contribution in [1.82, 2.24) is 15.0 Å². The molecule has 2 heterocycles. The molecule has 16 heavy (non-hydrogen) atoms. The van der Waals surface area contributed by atoms with Gasteiger partial charge in [-0.3, -0.25) is 0 Å². The SMILES string of the molecule is O=S(=O)(Cl)CCc1c[nH]c2ncnc(Cl)c12. The molecule has 0 aliphatic heterocycles. The smallest absolute Gasteiger partial charge is 0.232 e. The minimum atomic E-state index is -3.51. The van der Waals surface area contributed by atoms with Crippen LogP contribution in [0.4, 0.5) is 0 Å². The zero-order chi connectivity index (χ0) is 11.8. The van der Waals surface area contributed by atoms with Gasteiger partial charge in [0.2, 0.25) is 9.05 Å². The fourth-order valence-corrected chi connectivity index (χ4v) is 2.36. The zero-order valence-corrected chi connectivity index (χ0v) is 10.3. The van der Waals surface area contributed by atoms with Crippen molar-refractivity contribution in [3.05, 3.63) is 23.2 Å². The lowest BCUT2D eigenvalue weighted by molar-refractivity contribution is 0.609. The van der Waals surface area contributed by atoms with E-state index in [-0.39, 0.29) is 12.2 Å². The van der Waals surface area contributed by atoms with E-state index in [1.807, 2.05) is 0 Å². The minimum Gasteiger partial charge on any atom is -0.346 e. The summed E-state index contributed by atoms with van der Waals surface area (Å²) in [4.78, 5) is 10.7. The normalized spacial score (nSPS) is 12.1. The lowest BCUT2D eigenvalue weighted by Gasteiger charge is -1.97. The van der Waals surface area contributed by atoms with Crippen molar-refractivity contribution in [3.63, 3.8) is 0 Å². The van der Waals surface area contributed by atoms with Crippen LogP contribution in [-0.2, 0) is 15.5 Å². The molecule has 5 nitrogen and oxygen atoms in total. The predicted octanol–water partition coefficient (Wildman–Crippen LogP) is 1.72. The van der Waals surface area contributed by atoms with Crippen LogP contribution >= 0.6 is 22.3 Å². The summed E-state index contributed by atoms with van der Waals surface area (Å²) in [7, 11) is 1.63. The molecule has 0 radical (unpaired) electrons. The van der Waals surface area contributed by atoms with Crippen LogP contribution in [0.25, 0.3) is 11.0 Å². The molecule has 0 atom stereocenters. The third-order valence-electron chi connectivity index (χ3n) is 2.12. The molecule has 0 aromatic carbocycles. The van der Waals surface area contributed by atoms with Crippen molar-refractivity contribution < 1.29 is 8.42 Å². The molecule has 0 spiro atoms. The summed E-state index contributed by atoms with van der Waals surface area (Å²) in [6, 6.07) is 0. The standard InChI is InChI=1S/C8H7Cl2N3O2S/c9-7-6-5(1-2-16(10,14)15)3-11-8(6)13-4-12-7/h3-4H,1-2H2,(H,11,12,13). The first-order valence-corrected chi connectivity index (χ1v) is 7.22. The first-order chi connectivity index (χ1) is 7.47. The molecule has 8 heteroatoms. The maximum absolute atomic E-state index is 10.8. The molecule has 0 saturated heterocycles. The predicted molar refractivity (Wildman–Crippen MR) is 62.2 cm³/mol. The Morgan fingerprint density at radius 1 is 1.38 bits per heavy atom. The van der Waals surface area contributed by atoms with Crippen LogP contribution in [0.1, 0.15) is 5.56 Å². The average molecular weight is 280 g/mol. The summed E-state index contributed by atoms with van der Waals surface area (Å²) in [6.07, 6.45) is 3.27. The Bertz CT molecular complexity index is 623. The maximum Gasteiger partial charge on any atom is 0.232 e. The Hall–Kier alpha value is -0.850. The van der Waals surface area contributed by atoms with Crippen LogP contribution in [-0.4, -0.2) is 29.1 Å². The lowest BCUT2D eigenvalue weighted by atomic mass is 10.2. The van der Waals surface area contributed by atoms with Gasteiger partial charge >= 0.3 is 0 Å². The van der Waals surface area contributed by atoms with Crippen molar-refractivity contribution in [2.24, 2.45) is 0 Å². The number of nitrogens with zero attached hydrogens (tertiary/aromatic N) is 2. The third kappa shape index (κ3) is 2.45. The van der Waals surface area contributed by atoms with Crippen molar-refractivity contribution in [2.45, 2.75) is 6.42 Å². The Kier molecular flexibility index (Phi) is 3.05. The monoisotopic (exact) mass is 279 g/mol. The van der Waals surface area contributed by atoms with Gasteiger partial charge < -0.3 is 4.98 Å². The summed E-state index contributed by atoms with van der Waals surface area (Å²) in [6.45, 7) is 0. The van der Waals surface area contributed by atoms with E-state index in [4.69, 9.17) is 22.3 Å². The Morgan fingerprint density at radius 3 is 2.81 bits per heavy atom. The fraction of sp³-hybridized carbons (Fsp3) is 0.250. The average Bonchev–Trinajstić information content (AvgIpc) is 2.58. The van der Waals surface area contributed by atoms with E-state index in [0.717, 1.165) is 5.56 Å². The van der Waals surface area contributed by atoms with E-state index in [0.29, 0.717) is 16.2 Å². The van der Waals surface area contributed by atoms with Gasteiger partial charge in [0.1, 0.15) is 17.1 Å². The van der Waals surface area contributed by atoms with Crippen molar-refractivity contribution >= 4 is 42.4 Å². The Balaban J connectivity index is 2.39. The highest BCUT2D eigenvalue weighted by Crippen LogP contribution is 2.23. The van der Waals surface area contributed by atoms with Crippen molar-refractivity contribution in [2.75, 3.05) is 5.75 Å². The second kappa shape index (κ2) is 4.20. The van der Waals surface area contributed by atoms with Gasteiger partial charge in [-0.1, -0.05) is 11.6 Å². The van der Waals surface area contributed by atoms with Gasteiger partial charge in [-0.05, 0) is 12.0 Å². The van der Waals surface area contributed by atoms with Gasteiger partial charge in [-0.15, -0.1) is 0 Å². The molecular formula is C8H7Cl2N3O2S. The molecule has 86 valence electrons. The largest absolute Gasteiger partial charge is 0.346 e. The third-order valence-corrected chi connectivity index (χ3v) is 3.56. The van der Waals surface area contributed by atoms with Gasteiger partial charge in [-0.2, -0.15) is 0 Å². The van der Waals surface area contributed by atoms with E-state index in [1.54, 1.807) is 6.20 Å². The number of aromatic amines is 1. The zero-order valence-electron chi connectivity index (χ0n) is 7.94. The van der Waals surface area contributed by atoms with Gasteiger partial charge in [0.25, 0.3) is 0 Å². The molecule has 0 aliphatic carbocycles. The Labute approximate surface area is 101 Å². The van der Waals surface area contributed by atoms with Crippen LogP contribution in [0.2, 0.25) is 5.15 Å². The van der Waals surface area contributed by atoms with E-state index < -0.39 is 9.05 Å². The van der Waals surface area contributed by atoms with Crippen LogP contribution in [0.5, 0.6) is 0 Å². The summed E-state index contributed by atoms with van der Waals surface area (Å²) in [5.41, 5.74) is 1.33. The number of aromatic nitrogens is 3. The highest BCUT2D eigenvalue weighted by Gasteiger charge is 2.12. The maximum atomic E-state index is 10.8. The number of rotatable bonds is 3. The number of H-pyrrole nitrogens is 1. The minimum absolute atomic E-state index is 0.146. The first-order valence-electron chi connectivity index (χ1n) is 4.36. The van der Waals surface area contributed by atoms with E-state index in [9.17, 15) is 8.42 Å². The molecule has 0 fully saturated rings. The first kappa shape index (κ1) is 11.6. The summed E-state index contributed by atoms with van der Waals surface area (Å²) in [5, 5.41) is 0.942. The van der Waals surface area contributed by atoms with E-state index in [2.05, 4.69) is 15.0 Å². The molecule has 0 aliphatic rings. The van der Waals surface area contributed by atoms with Crippen molar-refractivity contribution in [1.29, 1.82) is 0 Å². The Morgan fingerprint density at radius 2 is 2.12 bits per heavy atom. The molecule has 0 unspecified atom stereocenters. The molecule has 0 saturated carbocycles. The number of hydrogen-bond donors (Lipinski definition) is 1. The van der Waals surface area contributed by atoms with E-state index in [1.165, 1.54) is 6.33 Å². The van der Waals surface area contributed by atoms with Crippen molar-refractivity contribution in [3.8, 4) is 0 Å². The highest BCUT2D eigenvalue weighted by atomic mass is 35.7.